The van der Waals surface area contributed by atoms with Crippen LogP contribution in [0.15, 0.2) is 84.8 Å². The number of methoxy groups -OCH3 is 1. The molecular formula is C27H23N5O2. The molecule has 0 aliphatic carbocycles. The number of amides is 1. The monoisotopic (exact) mass is 449 g/mol. The molecule has 0 saturated heterocycles. The number of nitriles is 1. The predicted molar refractivity (Wildman–Crippen MR) is 130 cm³/mol. The summed E-state index contributed by atoms with van der Waals surface area (Å²) in [5.74, 6) is 0.282. The highest BCUT2D eigenvalue weighted by Gasteiger charge is 2.17. The first-order valence-electron chi connectivity index (χ1n) is 10.7. The molecule has 7 heteroatoms. The molecule has 168 valence electrons. The van der Waals surface area contributed by atoms with Crippen molar-refractivity contribution in [2.75, 3.05) is 7.11 Å². The lowest BCUT2D eigenvalue weighted by Gasteiger charge is -2.07. The second kappa shape index (κ2) is 10.3. The van der Waals surface area contributed by atoms with E-state index in [0.29, 0.717) is 11.3 Å². The van der Waals surface area contributed by atoms with E-state index in [0.717, 1.165) is 28.1 Å². The first-order valence-corrected chi connectivity index (χ1v) is 10.7. The summed E-state index contributed by atoms with van der Waals surface area (Å²) >= 11 is 0. The number of aromatic nitrogens is 3. The van der Waals surface area contributed by atoms with E-state index in [1.165, 1.54) is 0 Å². The maximum atomic E-state index is 12.8. The quantitative estimate of drug-likeness (QED) is 0.332. The van der Waals surface area contributed by atoms with Crippen LogP contribution in [-0.2, 0) is 11.3 Å². The van der Waals surface area contributed by atoms with Crippen molar-refractivity contribution in [1.82, 2.24) is 20.1 Å². The molecule has 0 atom stereocenters. The van der Waals surface area contributed by atoms with Gasteiger partial charge in [0.05, 0.1) is 12.8 Å². The van der Waals surface area contributed by atoms with E-state index in [-0.39, 0.29) is 12.1 Å². The number of pyridine rings is 1. The van der Waals surface area contributed by atoms with Crippen LogP contribution in [0.1, 0.15) is 16.7 Å². The zero-order chi connectivity index (χ0) is 23.9. The second-order valence-corrected chi connectivity index (χ2v) is 7.61. The molecule has 4 rings (SSSR count). The van der Waals surface area contributed by atoms with Gasteiger partial charge < -0.3 is 10.1 Å². The zero-order valence-corrected chi connectivity index (χ0v) is 18.9. The van der Waals surface area contributed by atoms with E-state index in [2.05, 4.69) is 10.3 Å². The molecule has 0 aliphatic rings. The van der Waals surface area contributed by atoms with E-state index in [1.54, 1.807) is 36.3 Å². The molecule has 2 aromatic heterocycles. The topological polar surface area (TPSA) is 92.8 Å². The first kappa shape index (κ1) is 22.5. The maximum absolute atomic E-state index is 12.8. The number of hydrogen-bond acceptors (Lipinski definition) is 5. The average Bonchev–Trinajstić information content (AvgIpc) is 3.30. The van der Waals surface area contributed by atoms with Gasteiger partial charge in [-0.25, -0.2) is 4.68 Å². The van der Waals surface area contributed by atoms with Gasteiger partial charge in [-0.1, -0.05) is 24.3 Å². The van der Waals surface area contributed by atoms with Crippen LogP contribution >= 0.6 is 0 Å². The van der Waals surface area contributed by atoms with Crippen LogP contribution in [0.3, 0.4) is 0 Å². The van der Waals surface area contributed by atoms with Crippen molar-refractivity contribution >= 4 is 12.0 Å². The summed E-state index contributed by atoms with van der Waals surface area (Å²) in [6.07, 6.45) is 6.73. The molecule has 0 spiro atoms. The lowest BCUT2D eigenvalue weighted by atomic mass is 10.0. The number of carbonyl (C=O) groups excluding carboxylic acids is 1. The van der Waals surface area contributed by atoms with Crippen molar-refractivity contribution in [1.29, 1.82) is 5.26 Å². The molecule has 34 heavy (non-hydrogen) atoms. The molecule has 0 fully saturated rings. The number of para-hydroxylation sites is 1. The Balaban J connectivity index is 1.73. The van der Waals surface area contributed by atoms with Crippen molar-refractivity contribution in [3.05, 3.63) is 102 Å². The predicted octanol–water partition coefficient (Wildman–Crippen LogP) is 4.47. The Kier molecular flexibility index (Phi) is 6.80. The summed E-state index contributed by atoms with van der Waals surface area (Å²) in [5, 5.41) is 17.3. The van der Waals surface area contributed by atoms with E-state index >= 15 is 0 Å². The summed E-state index contributed by atoms with van der Waals surface area (Å²) in [6.45, 7) is 2.25. The molecule has 1 N–H and O–H groups in total. The summed E-state index contributed by atoms with van der Waals surface area (Å²) in [6, 6.07) is 21.1. The molecular weight excluding hydrogens is 426 g/mol. The Morgan fingerprint density at radius 3 is 2.68 bits per heavy atom. The minimum atomic E-state index is -0.462. The minimum Gasteiger partial charge on any atom is -0.497 e. The van der Waals surface area contributed by atoms with Gasteiger partial charge in [-0.15, -0.1) is 0 Å². The molecule has 1 amide bonds. The average molecular weight is 450 g/mol. The van der Waals surface area contributed by atoms with Crippen molar-refractivity contribution in [2.24, 2.45) is 0 Å². The molecule has 7 nitrogen and oxygen atoms in total. The lowest BCUT2D eigenvalue weighted by molar-refractivity contribution is -0.117. The normalized spacial score (nSPS) is 11.0. The zero-order valence-electron chi connectivity index (χ0n) is 18.9. The van der Waals surface area contributed by atoms with Crippen LogP contribution in [0.2, 0.25) is 0 Å². The Bertz CT molecular complexity index is 1370. The maximum Gasteiger partial charge on any atom is 0.262 e. The Morgan fingerprint density at radius 1 is 1.18 bits per heavy atom. The van der Waals surface area contributed by atoms with Gasteiger partial charge in [0.25, 0.3) is 5.91 Å². The summed E-state index contributed by atoms with van der Waals surface area (Å²) in [5.41, 5.74) is 4.88. The molecule has 2 heterocycles. The van der Waals surface area contributed by atoms with Gasteiger partial charge in [0.1, 0.15) is 23.1 Å². The van der Waals surface area contributed by atoms with Crippen LogP contribution in [0.5, 0.6) is 5.75 Å². The highest BCUT2D eigenvalue weighted by atomic mass is 16.5. The first-order chi connectivity index (χ1) is 16.6. The molecule has 0 unspecified atom stereocenters. The molecule has 0 saturated carbocycles. The van der Waals surface area contributed by atoms with Gasteiger partial charge in [0.2, 0.25) is 0 Å². The highest BCUT2D eigenvalue weighted by Crippen LogP contribution is 2.30. The van der Waals surface area contributed by atoms with Gasteiger partial charge in [0.15, 0.2) is 0 Å². The van der Waals surface area contributed by atoms with Gasteiger partial charge in [-0.2, -0.15) is 10.4 Å². The minimum absolute atomic E-state index is 0.0103. The second-order valence-electron chi connectivity index (χ2n) is 7.61. The standard InChI is InChI=1S/C27H23N5O2/c1-19-13-24(34-2)10-11-25(19)26-22(18-32(31-26)23-8-4-3-5-9-23)14-21(15-28)27(33)30-17-20-7-6-12-29-16-20/h3-14,16,18H,17H2,1-2H3,(H,30,33)/b21-14+. The third-order valence-electron chi connectivity index (χ3n) is 5.29. The number of nitrogens with one attached hydrogen (secondary N) is 1. The number of rotatable bonds is 7. The van der Waals surface area contributed by atoms with Gasteiger partial charge in [-0.05, 0) is 60.5 Å². The molecule has 0 bridgehead atoms. The fraction of sp³-hybridized carbons (Fsp3) is 0.111. The van der Waals surface area contributed by atoms with Crippen molar-refractivity contribution in [3.8, 4) is 28.8 Å². The Hall–Kier alpha value is -4.70. The molecule has 4 aromatic rings. The van der Waals surface area contributed by atoms with E-state index in [1.807, 2.05) is 73.8 Å². The van der Waals surface area contributed by atoms with Crippen LogP contribution in [0.4, 0.5) is 0 Å². The number of ether oxygens (including phenoxy) is 1. The van der Waals surface area contributed by atoms with Crippen LogP contribution in [0.25, 0.3) is 23.0 Å². The molecule has 2 aromatic carbocycles. The van der Waals surface area contributed by atoms with Crippen molar-refractivity contribution in [3.63, 3.8) is 0 Å². The van der Waals surface area contributed by atoms with Gasteiger partial charge >= 0.3 is 0 Å². The van der Waals surface area contributed by atoms with Gasteiger partial charge in [0, 0.05) is 36.3 Å². The van der Waals surface area contributed by atoms with E-state index in [9.17, 15) is 10.1 Å². The summed E-state index contributed by atoms with van der Waals surface area (Å²) in [4.78, 5) is 16.8. The number of hydrogen-bond donors (Lipinski definition) is 1. The Labute approximate surface area is 198 Å². The highest BCUT2D eigenvalue weighted by molar-refractivity contribution is 6.02. The number of carbonyl (C=O) groups is 1. The SMILES string of the molecule is COc1ccc(-c2nn(-c3ccccc3)cc2/C=C(\C#N)C(=O)NCc2cccnc2)c(C)c1. The number of benzene rings is 2. The van der Waals surface area contributed by atoms with Crippen molar-refractivity contribution < 1.29 is 9.53 Å². The number of aryl methyl sites for hydroxylation is 1. The molecule has 0 radical (unpaired) electrons. The van der Waals surface area contributed by atoms with Gasteiger partial charge in [-0.3, -0.25) is 9.78 Å². The summed E-state index contributed by atoms with van der Waals surface area (Å²) in [7, 11) is 1.62. The molecule has 0 aliphatic heterocycles. The van der Waals surface area contributed by atoms with Crippen LogP contribution < -0.4 is 10.1 Å². The third-order valence-corrected chi connectivity index (χ3v) is 5.29. The summed E-state index contributed by atoms with van der Waals surface area (Å²) < 4.78 is 7.07. The third kappa shape index (κ3) is 5.03. The van der Waals surface area contributed by atoms with Crippen LogP contribution in [0, 0.1) is 18.3 Å². The fourth-order valence-electron chi connectivity index (χ4n) is 3.53. The van der Waals surface area contributed by atoms with E-state index in [4.69, 9.17) is 9.84 Å². The lowest BCUT2D eigenvalue weighted by Crippen LogP contribution is -2.24. The van der Waals surface area contributed by atoms with E-state index < -0.39 is 5.91 Å². The number of nitrogens with zero attached hydrogens (tertiary/aromatic N) is 4. The van der Waals surface area contributed by atoms with Crippen molar-refractivity contribution in [2.45, 2.75) is 13.5 Å². The largest absolute Gasteiger partial charge is 0.497 e. The smallest absolute Gasteiger partial charge is 0.262 e. The fourth-order valence-corrected chi connectivity index (χ4v) is 3.53. The van der Waals surface area contributed by atoms with Crippen LogP contribution in [-0.4, -0.2) is 27.8 Å². The Morgan fingerprint density at radius 2 is 2.00 bits per heavy atom.